The first-order chi connectivity index (χ1) is 6.66. The van der Waals surface area contributed by atoms with E-state index in [4.69, 9.17) is 5.11 Å². The van der Waals surface area contributed by atoms with Gasteiger partial charge in [-0.1, -0.05) is 0 Å². The molecule has 0 atom stereocenters. The summed E-state index contributed by atoms with van der Waals surface area (Å²) in [5.74, 6) is -0.476. The van der Waals surface area contributed by atoms with Crippen molar-refractivity contribution in [3.63, 3.8) is 0 Å². The molecule has 0 aromatic carbocycles. The molecule has 0 bridgehead atoms. The molecule has 1 N–H and O–H groups in total. The number of carboxylic acid groups (broad SMARTS) is 1. The van der Waals surface area contributed by atoms with Gasteiger partial charge in [0.25, 0.3) is 0 Å². The van der Waals surface area contributed by atoms with E-state index >= 15 is 0 Å². The molecule has 2 aromatic rings. The molecule has 2 rings (SSSR count). The fourth-order valence-electron chi connectivity index (χ4n) is 1.28. The molecule has 6 nitrogen and oxygen atoms in total. The van der Waals surface area contributed by atoms with Crippen LogP contribution in [0.15, 0.2) is 12.4 Å². The largest absolute Gasteiger partial charge is 0.481 e. The van der Waals surface area contributed by atoms with Gasteiger partial charge in [0.15, 0.2) is 5.65 Å². The Morgan fingerprint density at radius 2 is 2.43 bits per heavy atom. The highest BCUT2D eigenvalue weighted by molar-refractivity contribution is 5.69. The predicted octanol–water partition coefficient (Wildman–Crippen LogP) is 0.0598. The minimum absolute atomic E-state index is 0.129. The van der Waals surface area contributed by atoms with Crippen molar-refractivity contribution < 1.29 is 9.90 Å². The second-order valence-electron chi connectivity index (χ2n) is 2.94. The molecule has 2 aromatic heterocycles. The summed E-state index contributed by atoms with van der Waals surface area (Å²) in [7, 11) is 0. The van der Waals surface area contributed by atoms with E-state index in [0.717, 1.165) is 5.69 Å². The summed E-state index contributed by atoms with van der Waals surface area (Å²) in [6.45, 7) is 1.79. The third kappa shape index (κ3) is 1.41. The Balaban J connectivity index is 2.60. The third-order valence-corrected chi connectivity index (χ3v) is 1.80. The summed E-state index contributed by atoms with van der Waals surface area (Å²) in [5.41, 5.74) is 1.36. The van der Waals surface area contributed by atoms with Crippen LogP contribution in [-0.4, -0.2) is 30.7 Å². The van der Waals surface area contributed by atoms with Crippen molar-refractivity contribution in [2.75, 3.05) is 0 Å². The van der Waals surface area contributed by atoms with Crippen molar-refractivity contribution in [2.45, 2.75) is 13.3 Å². The van der Waals surface area contributed by atoms with Gasteiger partial charge < -0.3 is 5.11 Å². The number of aliphatic carboxylic acids is 1. The standard InChI is InChI=1S/C8H8N4O2/c1-5-2-7-11-9-4-12(7)6(10-5)3-8(13)14/h2,4H,3H2,1H3,(H,13,14). The van der Waals surface area contributed by atoms with Gasteiger partial charge in [0, 0.05) is 11.8 Å². The molecule has 72 valence electrons. The van der Waals surface area contributed by atoms with Gasteiger partial charge in [-0.25, -0.2) is 4.98 Å². The molecule has 0 aliphatic carbocycles. The number of carbonyl (C=O) groups is 1. The van der Waals surface area contributed by atoms with E-state index in [1.54, 1.807) is 17.4 Å². The van der Waals surface area contributed by atoms with Crippen LogP contribution in [0.25, 0.3) is 5.65 Å². The number of nitrogens with zero attached hydrogens (tertiary/aromatic N) is 4. The maximum atomic E-state index is 10.6. The molecule has 0 aliphatic rings. The molecule has 14 heavy (non-hydrogen) atoms. The van der Waals surface area contributed by atoms with Gasteiger partial charge in [0.2, 0.25) is 0 Å². The second-order valence-corrected chi connectivity index (χ2v) is 2.94. The normalized spacial score (nSPS) is 10.6. The zero-order valence-corrected chi connectivity index (χ0v) is 7.51. The van der Waals surface area contributed by atoms with Crippen LogP contribution in [0.1, 0.15) is 11.5 Å². The quantitative estimate of drug-likeness (QED) is 0.727. The van der Waals surface area contributed by atoms with Gasteiger partial charge in [0.1, 0.15) is 18.6 Å². The van der Waals surface area contributed by atoms with Crippen molar-refractivity contribution in [3.8, 4) is 0 Å². The van der Waals surface area contributed by atoms with Gasteiger partial charge in [-0.2, -0.15) is 0 Å². The van der Waals surface area contributed by atoms with E-state index in [1.165, 1.54) is 6.33 Å². The summed E-state index contributed by atoms with van der Waals surface area (Å²) in [4.78, 5) is 14.7. The molecule has 0 radical (unpaired) electrons. The Labute approximate surface area is 79.2 Å². The molecule has 0 unspecified atom stereocenters. The number of fused-ring (bicyclic) bond motifs is 1. The summed E-state index contributed by atoms with van der Waals surface area (Å²) in [5, 5.41) is 16.2. The van der Waals surface area contributed by atoms with Crippen LogP contribution in [0.3, 0.4) is 0 Å². The van der Waals surface area contributed by atoms with Gasteiger partial charge in [-0.15, -0.1) is 10.2 Å². The maximum Gasteiger partial charge on any atom is 0.311 e. The average molecular weight is 192 g/mol. The lowest BCUT2D eigenvalue weighted by atomic mass is 10.3. The predicted molar refractivity (Wildman–Crippen MR) is 46.9 cm³/mol. The summed E-state index contributed by atoms with van der Waals surface area (Å²) < 4.78 is 1.57. The Morgan fingerprint density at radius 3 is 3.14 bits per heavy atom. The SMILES string of the molecule is Cc1cc2nncn2c(CC(=O)O)n1. The lowest BCUT2D eigenvalue weighted by Crippen LogP contribution is -2.08. The van der Waals surface area contributed by atoms with E-state index in [2.05, 4.69) is 15.2 Å². The van der Waals surface area contributed by atoms with Crippen molar-refractivity contribution in [2.24, 2.45) is 0 Å². The summed E-state index contributed by atoms with van der Waals surface area (Å²) in [6, 6.07) is 1.75. The highest BCUT2D eigenvalue weighted by Gasteiger charge is 2.08. The van der Waals surface area contributed by atoms with Crippen molar-refractivity contribution in [1.29, 1.82) is 0 Å². The molecular weight excluding hydrogens is 184 g/mol. The molecule has 0 amide bonds. The lowest BCUT2D eigenvalue weighted by Gasteiger charge is -2.01. The van der Waals surface area contributed by atoms with Gasteiger partial charge in [0.05, 0.1) is 0 Å². The van der Waals surface area contributed by atoms with E-state index in [9.17, 15) is 4.79 Å². The topological polar surface area (TPSA) is 80.4 Å². The molecule has 0 fully saturated rings. The summed E-state index contributed by atoms with van der Waals surface area (Å²) in [6.07, 6.45) is 1.33. The van der Waals surface area contributed by atoms with Crippen LogP contribution in [0, 0.1) is 6.92 Å². The van der Waals surface area contributed by atoms with Crippen LogP contribution in [0.2, 0.25) is 0 Å². The van der Waals surface area contributed by atoms with Crippen LogP contribution in [0.5, 0.6) is 0 Å². The molecule has 6 heteroatoms. The zero-order valence-electron chi connectivity index (χ0n) is 7.51. The molecular formula is C8H8N4O2. The average Bonchev–Trinajstić information content (AvgIpc) is 2.50. The van der Waals surface area contributed by atoms with Crippen LogP contribution >= 0.6 is 0 Å². The molecule has 2 heterocycles. The number of carboxylic acids is 1. The second kappa shape index (κ2) is 3.06. The van der Waals surface area contributed by atoms with Crippen LogP contribution in [0.4, 0.5) is 0 Å². The number of aromatic nitrogens is 4. The zero-order chi connectivity index (χ0) is 10.1. The Morgan fingerprint density at radius 1 is 1.64 bits per heavy atom. The minimum atomic E-state index is -0.918. The highest BCUT2D eigenvalue weighted by Crippen LogP contribution is 2.05. The maximum absolute atomic E-state index is 10.6. The first-order valence-corrected chi connectivity index (χ1v) is 4.05. The molecule has 0 saturated carbocycles. The first kappa shape index (κ1) is 8.61. The number of hydrogen-bond acceptors (Lipinski definition) is 4. The van der Waals surface area contributed by atoms with Gasteiger partial charge in [-0.3, -0.25) is 9.20 Å². The molecule has 0 saturated heterocycles. The Bertz CT molecular complexity index is 491. The number of rotatable bonds is 2. The minimum Gasteiger partial charge on any atom is -0.481 e. The van der Waals surface area contributed by atoms with Crippen LogP contribution in [-0.2, 0) is 11.2 Å². The fourth-order valence-corrected chi connectivity index (χ4v) is 1.28. The fraction of sp³-hybridized carbons (Fsp3) is 0.250. The number of hydrogen-bond donors (Lipinski definition) is 1. The molecule has 0 spiro atoms. The van der Waals surface area contributed by atoms with Gasteiger partial charge >= 0.3 is 5.97 Å². The Hall–Kier alpha value is -1.98. The van der Waals surface area contributed by atoms with Crippen molar-refractivity contribution in [1.82, 2.24) is 19.6 Å². The van der Waals surface area contributed by atoms with Crippen molar-refractivity contribution >= 4 is 11.6 Å². The van der Waals surface area contributed by atoms with Gasteiger partial charge in [-0.05, 0) is 6.92 Å². The van der Waals surface area contributed by atoms with E-state index in [-0.39, 0.29) is 6.42 Å². The monoisotopic (exact) mass is 192 g/mol. The van der Waals surface area contributed by atoms with E-state index in [1.807, 2.05) is 0 Å². The highest BCUT2D eigenvalue weighted by atomic mass is 16.4. The number of aryl methyl sites for hydroxylation is 1. The summed E-state index contributed by atoms with van der Waals surface area (Å²) >= 11 is 0. The lowest BCUT2D eigenvalue weighted by molar-refractivity contribution is -0.136. The molecule has 0 aliphatic heterocycles. The smallest absolute Gasteiger partial charge is 0.311 e. The van der Waals surface area contributed by atoms with E-state index < -0.39 is 5.97 Å². The van der Waals surface area contributed by atoms with Crippen molar-refractivity contribution in [3.05, 3.63) is 23.9 Å². The van der Waals surface area contributed by atoms with Crippen LogP contribution < -0.4 is 0 Å². The van der Waals surface area contributed by atoms with E-state index in [0.29, 0.717) is 11.5 Å². The first-order valence-electron chi connectivity index (χ1n) is 4.05. The third-order valence-electron chi connectivity index (χ3n) is 1.80. The Kier molecular flexibility index (Phi) is 1.88.